The van der Waals surface area contributed by atoms with Crippen LogP contribution in [-0.2, 0) is 9.59 Å². The van der Waals surface area contributed by atoms with Crippen molar-refractivity contribution in [3.8, 4) is 5.75 Å². The van der Waals surface area contributed by atoms with Crippen molar-refractivity contribution in [3.63, 3.8) is 0 Å². The van der Waals surface area contributed by atoms with Gasteiger partial charge in [0.15, 0.2) is 0 Å². The molecule has 6 heteroatoms. The first kappa shape index (κ1) is 18.7. The molecule has 0 unspecified atom stereocenters. The number of nitrogens with zero attached hydrogens (tertiary/aromatic N) is 1. The van der Waals surface area contributed by atoms with Crippen molar-refractivity contribution in [2.75, 3.05) is 6.61 Å². The molecule has 0 radical (unpaired) electrons. The van der Waals surface area contributed by atoms with E-state index in [4.69, 9.17) is 4.74 Å². The van der Waals surface area contributed by atoms with Gasteiger partial charge in [-0.05, 0) is 42.7 Å². The third-order valence-electron chi connectivity index (χ3n) is 4.02. The minimum absolute atomic E-state index is 0.0906. The van der Waals surface area contributed by atoms with Crippen LogP contribution in [0.2, 0.25) is 0 Å². The maximum atomic E-state index is 11.9. The Balaban J connectivity index is 1.76. The quantitative estimate of drug-likeness (QED) is 0.274. The topological polar surface area (TPSA) is 79.8 Å². The highest BCUT2D eigenvalue weighted by Crippen LogP contribution is 2.17. The molecule has 2 rings (SSSR count). The van der Waals surface area contributed by atoms with Gasteiger partial charge < -0.3 is 10.1 Å². The minimum atomic E-state index is -0.744. The van der Waals surface area contributed by atoms with Crippen LogP contribution in [0.1, 0.15) is 44.1 Å². The summed E-state index contributed by atoms with van der Waals surface area (Å²) < 4.78 is 5.38. The van der Waals surface area contributed by atoms with E-state index in [-0.39, 0.29) is 6.04 Å². The minimum Gasteiger partial charge on any atom is -0.490 e. The Kier molecular flexibility index (Phi) is 7.69. The van der Waals surface area contributed by atoms with Crippen molar-refractivity contribution < 1.29 is 14.3 Å². The molecule has 2 N–H and O–H groups in total. The zero-order valence-electron chi connectivity index (χ0n) is 14.4. The van der Waals surface area contributed by atoms with E-state index in [1.54, 1.807) is 30.3 Å². The van der Waals surface area contributed by atoms with Crippen LogP contribution in [0.25, 0.3) is 0 Å². The van der Waals surface area contributed by atoms with Crippen molar-refractivity contribution in [1.82, 2.24) is 10.7 Å². The van der Waals surface area contributed by atoms with Crippen molar-refractivity contribution in [3.05, 3.63) is 42.5 Å². The number of rotatable bonds is 6. The lowest BCUT2D eigenvalue weighted by Crippen LogP contribution is -2.43. The van der Waals surface area contributed by atoms with Gasteiger partial charge in [-0.1, -0.05) is 38.3 Å². The van der Waals surface area contributed by atoms with E-state index in [2.05, 4.69) is 22.4 Å². The van der Waals surface area contributed by atoms with Crippen LogP contribution in [0.4, 0.5) is 0 Å². The van der Waals surface area contributed by atoms with Crippen molar-refractivity contribution in [1.29, 1.82) is 0 Å². The summed E-state index contributed by atoms with van der Waals surface area (Å²) in [6.45, 7) is 4.03. The van der Waals surface area contributed by atoms with Crippen LogP contribution in [0, 0.1) is 0 Å². The van der Waals surface area contributed by atoms with E-state index in [0.29, 0.717) is 6.61 Å². The van der Waals surface area contributed by atoms with Crippen LogP contribution in [-0.4, -0.2) is 30.7 Å². The van der Waals surface area contributed by atoms with Gasteiger partial charge in [0.1, 0.15) is 12.4 Å². The first-order valence-corrected chi connectivity index (χ1v) is 8.66. The van der Waals surface area contributed by atoms with E-state index in [0.717, 1.165) is 37.0 Å². The number of carbonyl (C=O) groups excluding carboxylic acids is 2. The van der Waals surface area contributed by atoms with Gasteiger partial charge in [0.25, 0.3) is 0 Å². The van der Waals surface area contributed by atoms with Gasteiger partial charge in [-0.3, -0.25) is 9.59 Å². The molecule has 0 aromatic heterocycles. The fourth-order valence-corrected chi connectivity index (χ4v) is 2.70. The normalized spacial score (nSPS) is 15.4. The predicted octanol–water partition coefficient (Wildman–Crippen LogP) is 2.54. The van der Waals surface area contributed by atoms with Gasteiger partial charge in [-0.2, -0.15) is 5.10 Å². The first-order chi connectivity index (χ1) is 12.2. The molecule has 0 bridgehead atoms. The largest absolute Gasteiger partial charge is 0.490 e. The molecule has 0 spiro atoms. The molecule has 1 fully saturated rings. The van der Waals surface area contributed by atoms with Crippen LogP contribution in [0.5, 0.6) is 5.75 Å². The average Bonchev–Trinajstić information content (AvgIpc) is 2.89. The highest BCUT2D eigenvalue weighted by atomic mass is 16.5. The molecule has 6 nitrogen and oxygen atoms in total. The predicted molar refractivity (Wildman–Crippen MR) is 97.5 cm³/mol. The molecule has 0 heterocycles. The molecule has 25 heavy (non-hydrogen) atoms. The third kappa shape index (κ3) is 6.79. The number of carbonyl (C=O) groups is 2. The van der Waals surface area contributed by atoms with Gasteiger partial charge in [-0.15, -0.1) is 0 Å². The summed E-state index contributed by atoms with van der Waals surface area (Å²) in [5.74, 6) is -0.646. The highest BCUT2D eigenvalue weighted by molar-refractivity contribution is 6.35. The smallest absolute Gasteiger partial charge is 0.329 e. The molecular formula is C19H25N3O3. The molecule has 1 aliphatic rings. The molecule has 1 aromatic rings. The number of hydrazone groups is 1. The van der Waals surface area contributed by atoms with Gasteiger partial charge in [0.05, 0.1) is 6.21 Å². The summed E-state index contributed by atoms with van der Waals surface area (Å²) >= 11 is 0. The Morgan fingerprint density at radius 1 is 1.12 bits per heavy atom. The number of nitrogens with one attached hydrogen (secondary N) is 2. The van der Waals surface area contributed by atoms with E-state index in [1.807, 2.05) is 0 Å². The second-order valence-electron chi connectivity index (χ2n) is 6.03. The number of hydrogen-bond acceptors (Lipinski definition) is 4. The number of amides is 2. The van der Waals surface area contributed by atoms with E-state index >= 15 is 0 Å². The van der Waals surface area contributed by atoms with E-state index in [1.165, 1.54) is 19.1 Å². The van der Waals surface area contributed by atoms with Gasteiger partial charge in [0.2, 0.25) is 0 Å². The summed E-state index contributed by atoms with van der Waals surface area (Å²) in [6, 6.07) is 7.30. The van der Waals surface area contributed by atoms with Gasteiger partial charge >= 0.3 is 11.8 Å². The molecule has 0 aliphatic heterocycles. The Morgan fingerprint density at radius 2 is 1.80 bits per heavy atom. The fourth-order valence-electron chi connectivity index (χ4n) is 2.70. The maximum absolute atomic E-state index is 11.9. The lowest BCUT2D eigenvalue weighted by molar-refractivity contribution is -0.139. The standard InChI is InChI=1S/C19H25N3O3/c1-2-13-25-17-11-9-15(10-12-17)14-20-22-19(24)18(23)21-16-7-5-3-4-6-8-16/h2,9-12,14,16H,1,3-8,13H2,(H,21,23)(H,22,24). The van der Waals surface area contributed by atoms with Crippen LogP contribution >= 0.6 is 0 Å². The maximum Gasteiger partial charge on any atom is 0.329 e. The zero-order valence-corrected chi connectivity index (χ0v) is 14.4. The molecule has 0 saturated heterocycles. The van der Waals surface area contributed by atoms with Crippen LogP contribution in [0.3, 0.4) is 0 Å². The lowest BCUT2D eigenvalue weighted by Gasteiger charge is -2.14. The van der Waals surface area contributed by atoms with E-state index in [9.17, 15) is 9.59 Å². The molecule has 1 aromatic carbocycles. The molecule has 0 atom stereocenters. The summed E-state index contributed by atoms with van der Waals surface area (Å²) in [6.07, 6.45) is 9.60. The number of hydrogen-bond donors (Lipinski definition) is 2. The molecule has 2 amide bonds. The Hall–Kier alpha value is -2.63. The zero-order chi connectivity index (χ0) is 17.9. The van der Waals surface area contributed by atoms with Crippen molar-refractivity contribution >= 4 is 18.0 Å². The SMILES string of the molecule is C=CCOc1ccc(C=NNC(=O)C(=O)NC2CCCCCC2)cc1. The Labute approximate surface area is 148 Å². The first-order valence-electron chi connectivity index (χ1n) is 8.66. The Bertz CT molecular complexity index is 603. The van der Waals surface area contributed by atoms with Crippen LogP contribution < -0.4 is 15.5 Å². The number of benzene rings is 1. The third-order valence-corrected chi connectivity index (χ3v) is 4.02. The van der Waals surface area contributed by atoms with Crippen molar-refractivity contribution in [2.24, 2.45) is 5.10 Å². The fraction of sp³-hybridized carbons (Fsp3) is 0.421. The van der Waals surface area contributed by atoms with Gasteiger partial charge in [0, 0.05) is 6.04 Å². The summed E-state index contributed by atoms with van der Waals surface area (Å²) in [5.41, 5.74) is 3.05. The monoisotopic (exact) mass is 343 g/mol. The summed E-state index contributed by atoms with van der Waals surface area (Å²) in [7, 11) is 0. The van der Waals surface area contributed by atoms with Gasteiger partial charge in [-0.25, -0.2) is 5.43 Å². The summed E-state index contributed by atoms with van der Waals surface area (Å²) in [5, 5.41) is 6.61. The highest BCUT2D eigenvalue weighted by Gasteiger charge is 2.19. The van der Waals surface area contributed by atoms with E-state index < -0.39 is 11.8 Å². The Morgan fingerprint density at radius 3 is 2.44 bits per heavy atom. The molecule has 1 saturated carbocycles. The second kappa shape index (κ2) is 10.3. The molecule has 1 aliphatic carbocycles. The van der Waals surface area contributed by atoms with Crippen LogP contribution in [0.15, 0.2) is 42.0 Å². The lowest BCUT2D eigenvalue weighted by atomic mass is 10.1. The molecular weight excluding hydrogens is 318 g/mol. The number of ether oxygens (including phenoxy) is 1. The second-order valence-corrected chi connectivity index (χ2v) is 6.03. The van der Waals surface area contributed by atoms with Crippen molar-refractivity contribution in [2.45, 2.75) is 44.6 Å². The molecule has 134 valence electrons. The summed E-state index contributed by atoms with van der Waals surface area (Å²) in [4.78, 5) is 23.7. The average molecular weight is 343 g/mol.